The number of sulfone groups is 1. The molecule has 0 spiro atoms. The molecule has 0 aliphatic carbocycles. The summed E-state index contributed by atoms with van der Waals surface area (Å²) in [5.74, 6) is 0.242. The molecule has 2 aromatic carbocycles. The van der Waals surface area contributed by atoms with Gasteiger partial charge in [0.2, 0.25) is 0 Å². The van der Waals surface area contributed by atoms with E-state index in [0.717, 1.165) is 25.7 Å². The first-order valence-electron chi connectivity index (χ1n) is 7.00. The van der Waals surface area contributed by atoms with Crippen molar-refractivity contribution in [2.45, 2.75) is 30.6 Å². The molecule has 0 saturated heterocycles. The summed E-state index contributed by atoms with van der Waals surface area (Å²) in [6.07, 6.45) is 3.73. The predicted octanol–water partition coefficient (Wildman–Crippen LogP) is 3.87. The van der Waals surface area contributed by atoms with E-state index in [4.69, 9.17) is 0 Å². The van der Waals surface area contributed by atoms with E-state index < -0.39 is 9.84 Å². The summed E-state index contributed by atoms with van der Waals surface area (Å²) >= 11 is 0. The van der Waals surface area contributed by atoms with E-state index in [-0.39, 0.29) is 5.75 Å². The largest absolute Gasteiger partial charge is 0.224 e. The highest BCUT2D eigenvalue weighted by Crippen LogP contribution is 2.13. The molecule has 0 fully saturated rings. The molecule has 0 heterocycles. The molecular formula is C17H20O2S. The third-order valence-corrected chi connectivity index (χ3v) is 5.14. The Morgan fingerprint density at radius 3 is 1.95 bits per heavy atom. The molecule has 2 aromatic rings. The Labute approximate surface area is 121 Å². The summed E-state index contributed by atoms with van der Waals surface area (Å²) in [5, 5.41) is 0. The van der Waals surface area contributed by atoms with Crippen LogP contribution in [0, 0.1) is 0 Å². The summed E-state index contributed by atoms with van der Waals surface area (Å²) in [6, 6.07) is 19.0. The van der Waals surface area contributed by atoms with E-state index in [1.54, 1.807) is 24.3 Å². The minimum absolute atomic E-state index is 0.242. The topological polar surface area (TPSA) is 34.1 Å². The standard InChI is InChI=1S/C17H20O2S/c18-20(19,17-13-7-2-8-14-17)15-9-3-6-12-16-10-4-1-5-11-16/h1-2,4-5,7-8,10-11,13-14H,3,6,9,12,15H2. The molecule has 0 aliphatic rings. The van der Waals surface area contributed by atoms with E-state index in [1.165, 1.54) is 5.56 Å². The fourth-order valence-electron chi connectivity index (χ4n) is 2.19. The lowest BCUT2D eigenvalue weighted by Gasteiger charge is -2.04. The number of hydrogen-bond acceptors (Lipinski definition) is 2. The molecule has 3 heteroatoms. The molecule has 0 unspecified atom stereocenters. The van der Waals surface area contributed by atoms with E-state index in [0.29, 0.717) is 4.90 Å². The van der Waals surface area contributed by atoms with Crippen LogP contribution in [-0.2, 0) is 16.3 Å². The van der Waals surface area contributed by atoms with Crippen molar-refractivity contribution in [2.24, 2.45) is 0 Å². The van der Waals surface area contributed by atoms with Gasteiger partial charge in [-0.2, -0.15) is 0 Å². The van der Waals surface area contributed by atoms with Crippen LogP contribution in [-0.4, -0.2) is 14.2 Å². The quantitative estimate of drug-likeness (QED) is 0.725. The van der Waals surface area contributed by atoms with Crippen LogP contribution in [0.4, 0.5) is 0 Å². The Balaban J connectivity index is 1.74. The fraction of sp³-hybridized carbons (Fsp3) is 0.294. The van der Waals surface area contributed by atoms with E-state index in [1.807, 2.05) is 24.3 Å². The van der Waals surface area contributed by atoms with E-state index in [9.17, 15) is 8.42 Å². The van der Waals surface area contributed by atoms with E-state index in [2.05, 4.69) is 12.1 Å². The minimum Gasteiger partial charge on any atom is -0.224 e. The zero-order valence-electron chi connectivity index (χ0n) is 11.5. The van der Waals surface area contributed by atoms with Gasteiger partial charge in [-0.3, -0.25) is 0 Å². The SMILES string of the molecule is O=S(=O)(CCCCCc1ccccc1)c1ccccc1. The molecule has 20 heavy (non-hydrogen) atoms. The summed E-state index contributed by atoms with van der Waals surface area (Å²) in [4.78, 5) is 0.433. The van der Waals surface area contributed by atoms with Gasteiger partial charge in [-0.1, -0.05) is 55.0 Å². The van der Waals surface area contributed by atoms with Crippen molar-refractivity contribution in [1.29, 1.82) is 0 Å². The highest BCUT2D eigenvalue weighted by atomic mass is 32.2. The number of aryl methyl sites for hydroxylation is 1. The zero-order valence-corrected chi connectivity index (χ0v) is 12.4. The highest BCUT2D eigenvalue weighted by Gasteiger charge is 2.12. The van der Waals surface area contributed by atoms with Gasteiger partial charge >= 0.3 is 0 Å². The van der Waals surface area contributed by atoms with Gasteiger partial charge in [0, 0.05) is 0 Å². The smallest absolute Gasteiger partial charge is 0.178 e. The van der Waals surface area contributed by atoms with Gasteiger partial charge in [0.1, 0.15) is 0 Å². The van der Waals surface area contributed by atoms with Gasteiger partial charge in [-0.25, -0.2) is 8.42 Å². The molecule has 106 valence electrons. The first-order valence-corrected chi connectivity index (χ1v) is 8.65. The first kappa shape index (κ1) is 14.8. The summed E-state index contributed by atoms with van der Waals surface area (Å²) in [6.45, 7) is 0. The van der Waals surface area contributed by atoms with Crippen molar-refractivity contribution in [1.82, 2.24) is 0 Å². The van der Waals surface area contributed by atoms with Crippen molar-refractivity contribution in [2.75, 3.05) is 5.75 Å². The summed E-state index contributed by atoms with van der Waals surface area (Å²) in [7, 11) is -3.11. The van der Waals surface area contributed by atoms with Crippen molar-refractivity contribution in [3.05, 3.63) is 66.2 Å². The molecule has 2 nitrogen and oxygen atoms in total. The average molecular weight is 288 g/mol. The second-order valence-electron chi connectivity index (χ2n) is 4.93. The molecule has 0 aliphatic heterocycles. The molecule has 2 rings (SSSR count). The van der Waals surface area contributed by atoms with Crippen molar-refractivity contribution in [3.63, 3.8) is 0 Å². The molecule has 0 radical (unpaired) electrons. The first-order chi connectivity index (χ1) is 9.68. The lowest BCUT2D eigenvalue weighted by atomic mass is 10.1. The fourth-order valence-corrected chi connectivity index (χ4v) is 3.58. The monoisotopic (exact) mass is 288 g/mol. The lowest BCUT2D eigenvalue weighted by Crippen LogP contribution is -2.06. The molecule has 0 atom stereocenters. The van der Waals surface area contributed by atoms with Crippen molar-refractivity contribution >= 4 is 9.84 Å². The van der Waals surface area contributed by atoms with Crippen LogP contribution in [0.3, 0.4) is 0 Å². The van der Waals surface area contributed by atoms with Crippen LogP contribution in [0.5, 0.6) is 0 Å². The number of rotatable bonds is 7. The highest BCUT2D eigenvalue weighted by molar-refractivity contribution is 7.91. The second-order valence-corrected chi connectivity index (χ2v) is 7.04. The predicted molar refractivity (Wildman–Crippen MR) is 82.5 cm³/mol. The normalized spacial score (nSPS) is 11.4. The van der Waals surface area contributed by atoms with Gasteiger partial charge < -0.3 is 0 Å². The lowest BCUT2D eigenvalue weighted by molar-refractivity contribution is 0.589. The number of benzene rings is 2. The molecule has 0 aromatic heterocycles. The van der Waals surface area contributed by atoms with Crippen LogP contribution in [0.15, 0.2) is 65.6 Å². The van der Waals surface area contributed by atoms with Gasteiger partial charge in [0.15, 0.2) is 9.84 Å². The third-order valence-electron chi connectivity index (χ3n) is 3.32. The van der Waals surface area contributed by atoms with Crippen LogP contribution < -0.4 is 0 Å². The molecule has 0 amide bonds. The average Bonchev–Trinajstić information content (AvgIpc) is 2.49. The van der Waals surface area contributed by atoms with Crippen LogP contribution >= 0.6 is 0 Å². The van der Waals surface area contributed by atoms with E-state index >= 15 is 0 Å². The van der Waals surface area contributed by atoms with Crippen molar-refractivity contribution in [3.8, 4) is 0 Å². The van der Waals surface area contributed by atoms with Gasteiger partial charge in [0.25, 0.3) is 0 Å². The Hall–Kier alpha value is -1.61. The third kappa shape index (κ3) is 4.49. The van der Waals surface area contributed by atoms with Gasteiger partial charge in [0.05, 0.1) is 10.6 Å². The number of hydrogen-bond donors (Lipinski definition) is 0. The zero-order chi connectivity index (χ0) is 14.3. The Morgan fingerprint density at radius 1 is 0.700 bits per heavy atom. The Morgan fingerprint density at radius 2 is 1.30 bits per heavy atom. The van der Waals surface area contributed by atoms with Crippen LogP contribution in [0.25, 0.3) is 0 Å². The Kier molecular flexibility index (Phi) is 5.36. The Bertz CT molecular complexity index is 604. The summed E-state index contributed by atoms with van der Waals surface area (Å²) in [5.41, 5.74) is 1.32. The maximum atomic E-state index is 12.1. The number of unbranched alkanes of at least 4 members (excludes halogenated alkanes) is 2. The van der Waals surface area contributed by atoms with Crippen LogP contribution in [0.1, 0.15) is 24.8 Å². The van der Waals surface area contributed by atoms with Gasteiger partial charge in [-0.05, 0) is 37.0 Å². The second kappa shape index (κ2) is 7.25. The van der Waals surface area contributed by atoms with Crippen molar-refractivity contribution < 1.29 is 8.42 Å². The molecule has 0 bridgehead atoms. The molecule has 0 N–H and O–H groups in total. The molecular weight excluding hydrogens is 268 g/mol. The maximum absolute atomic E-state index is 12.1. The van der Waals surface area contributed by atoms with Crippen LogP contribution in [0.2, 0.25) is 0 Å². The summed E-state index contributed by atoms with van der Waals surface area (Å²) < 4.78 is 24.1. The minimum atomic E-state index is -3.11. The molecule has 0 saturated carbocycles. The maximum Gasteiger partial charge on any atom is 0.178 e. The van der Waals surface area contributed by atoms with Gasteiger partial charge in [-0.15, -0.1) is 0 Å².